The van der Waals surface area contributed by atoms with Crippen molar-refractivity contribution in [3.63, 3.8) is 0 Å². The number of aryl methyl sites for hydroxylation is 1. The normalized spacial score (nSPS) is 11.4. The average Bonchev–Trinajstić information content (AvgIpc) is 3.35. The monoisotopic (exact) mass is 418 g/mol. The molecule has 9 heteroatoms. The van der Waals surface area contributed by atoms with Crippen molar-refractivity contribution < 1.29 is 26.9 Å². The fourth-order valence-electron chi connectivity index (χ4n) is 2.77. The van der Waals surface area contributed by atoms with Crippen LogP contribution in [-0.2, 0) is 21.2 Å². The maximum absolute atomic E-state index is 12.9. The number of benzene rings is 1. The van der Waals surface area contributed by atoms with E-state index in [4.69, 9.17) is 13.7 Å². The molecule has 0 atom stereocenters. The lowest BCUT2D eigenvalue weighted by molar-refractivity contribution is -0.120. The summed E-state index contributed by atoms with van der Waals surface area (Å²) in [6.45, 7) is 3.86. The van der Waals surface area contributed by atoms with Crippen LogP contribution >= 0.6 is 0 Å². The predicted octanol–water partition coefficient (Wildman–Crippen LogP) is 3.04. The molecular formula is C20H22N2O6S. The molecule has 2 heterocycles. The number of carbonyl (C=O) groups excluding carboxylic acids is 1. The second kappa shape index (κ2) is 8.52. The molecule has 8 nitrogen and oxygen atoms in total. The number of ether oxygens (including phenoxy) is 1. The van der Waals surface area contributed by atoms with Crippen molar-refractivity contribution in [3.05, 3.63) is 53.6 Å². The van der Waals surface area contributed by atoms with E-state index in [2.05, 4.69) is 10.5 Å². The van der Waals surface area contributed by atoms with Gasteiger partial charge in [0.25, 0.3) is 0 Å². The molecule has 2 aromatic heterocycles. The zero-order chi connectivity index (χ0) is 21.0. The van der Waals surface area contributed by atoms with Gasteiger partial charge < -0.3 is 19.0 Å². The first-order valence-electron chi connectivity index (χ1n) is 8.95. The molecule has 1 amide bonds. The van der Waals surface area contributed by atoms with Crippen LogP contribution < -0.4 is 10.1 Å². The molecule has 154 valence electrons. The first kappa shape index (κ1) is 20.7. The first-order valence-corrected chi connectivity index (χ1v) is 10.6. The highest BCUT2D eigenvalue weighted by molar-refractivity contribution is 7.91. The number of aromatic nitrogens is 1. The number of rotatable bonds is 8. The highest BCUT2D eigenvalue weighted by atomic mass is 32.2. The Balaban J connectivity index is 1.77. The van der Waals surface area contributed by atoms with Crippen molar-refractivity contribution in [3.8, 4) is 17.1 Å². The highest BCUT2D eigenvalue weighted by Crippen LogP contribution is 2.33. The Kier molecular flexibility index (Phi) is 6.07. The summed E-state index contributed by atoms with van der Waals surface area (Å²) in [5.41, 5.74) is 2.13. The number of nitrogens with one attached hydrogen (secondary N) is 1. The van der Waals surface area contributed by atoms with Crippen LogP contribution in [0, 0.1) is 13.8 Å². The van der Waals surface area contributed by atoms with Gasteiger partial charge in [-0.1, -0.05) is 5.16 Å². The molecule has 0 spiro atoms. The van der Waals surface area contributed by atoms with Gasteiger partial charge in [0.1, 0.15) is 16.4 Å². The van der Waals surface area contributed by atoms with Crippen molar-refractivity contribution in [2.75, 3.05) is 12.9 Å². The van der Waals surface area contributed by atoms with E-state index in [1.165, 1.54) is 19.4 Å². The standard InChI is InChI=1S/C20H22N2O6S/c1-13-14(2)22-28-20(13)15-6-7-17(26-3)18(11-15)29(24,25)10-8-19(23)21-12-16-5-4-9-27-16/h4-7,9,11H,8,10,12H2,1-3H3,(H,21,23). The molecule has 29 heavy (non-hydrogen) atoms. The van der Waals surface area contributed by atoms with Gasteiger partial charge in [0.2, 0.25) is 5.91 Å². The fourth-order valence-corrected chi connectivity index (χ4v) is 4.21. The summed E-state index contributed by atoms with van der Waals surface area (Å²) in [5.74, 6) is 0.553. The number of furan rings is 1. The third-order valence-corrected chi connectivity index (χ3v) is 6.29. The van der Waals surface area contributed by atoms with E-state index in [1.807, 2.05) is 13.8 Å². The number of carbonyl (C=O) groups is 1. The highest BCUT2D eigenvalue weighted by Gasteiger charge is 2.23. The molecular weight excluding hydrogens is 396 g/mol. The van der Waals surface area contributed by atoms with Crippen molar-refractivity contribution in [2.45, 2.75) is 31.7 Å². The molecule has 0 aliphatic heterocycles. The lowest BCUT2D eigenvalue weighted by atomic mass is 10.1. The summed E-state index contributed by atoms with van der Waals surface area (Å²) in [4.78, 5) is 12.0. The predicted molar refractivity (Wildman–Crippen MR) is 105 cm³/mol. The fraction of sp³-hybridized carbons (Fsp3) is 0.300. The molecule has 3 aromatic rings. The SMILES string of the molecule is COc1ccc(-c2onc(C)c2C)cc1S(=O)(=O)CCC(=O)NCc1ccco1. The summed E-state index contributed by atoms with van der Waals surface area (Å²) in [6.07, 6.45) is 1.32. The van der Waals surface area contributed by atoms with Crippen LogP contribution in [0.4, 0.5) is 0 Å². The molecule has 0 saturated carbocycles. The third-order valence-electron chi connectivity index (χ3n) is 4.56. The lowest BCUT2D eigenvalue weighted by Gasteiger charge is -2.11. The number of nitrogens with zero attached hydrogens (tertiary/aromatic N) is 1. The van der Waals surface area contributed by atoms with Gasteiger partial charge in [-0.05, 0) is 44.2 Å². The minimum Gasteiger partial charge on any atom is -0.495 e. The van der Waals surface area contributed by atoms with E-state index in [0.29, 0.717) is 17.1 Å². The minimum absolute atomic E-state index is 0.00443. The molecule has 1 N–H and O–H groups in total. The topological polar surface area (TPSA) is 112 Å². The Morgan fingerprint density at radius 1 is 1.24 bits per heavy atom. The van der Waals surface area contributed by atoms with Crippen molar-refractivity contribution in [1.29, 1.82) is 0 Å². The Morgan fingerprint density at radius 2 is 2.03 bits per heavy atom. The molecule has 3 rings (SSSR count). The minimum atomic E-state index is -3.78. The first-order chi connectivity index (χ1) is 13.8. The largest absolute Gasteiger partial charge is 0.495 e. The number of hydrogen-bond donors (Lipinski definition) is 1. The van der Waals surface area contributed by atoms with Gasteiger partial charge in [0, 0.05) is 17.5 Å². The summed E-state index contributed by atoms with van der Waals surface area (Å²) in [5, 5.41) is 6.55. The second-order valence-corrected chi connectivity index (χ2v) is 8.59. The van der Waals surface area contributed by atoms with Gasteiger partial charge in [-0.2, -0.15) is 0 Å². The summed E-state index contributed by atoms with van der Waals surface area (Å²) in [7, 11) is -2.38. The van der Waals surface area contributed by atoms with E-state index >= 15 is 0 Å². The molecule has 0 unspecified atom stereocenters. The molecule has 0 bridgehead atoms. The van der Waals surface area contributed by atoms with Crippen molar-refractivity contribution in [2.24, 2.45) is 0 Å². The Morgan fingerprint density at radius 3 is 2.66 bits per heavy atom. The van der Waals surface area contributed by atoms with Gasteiger partial charge in [-0.15, -0.1) is 0 Å². The van der Waals surface area contributed by atoms with Crippen molar-refractivity contribution in [1.82, 2.24) is 10.5 Å². The quantitative estimate of drug-likeness (QED) is 0.598. The van der Waals surface area contributed by atoms with E-state index < -0.39 is 9.84 Å². The second-order valence-electron chi connectivity index (χ2n) is 6.51. The van der Waals surface area contributed by atoms with Crippen LogP contribution in [-0.4, -0.2) is 32.3 Å². The van der Waals surface area contributed by atoms with Crippen LogP contribution in [0.1, 0.15) is 23.4 Å². The molecule has 0 radical (unpaired) electrons. The van der Waals surface area contributed by atoms with Crippen LogP contribution in [0.15, 0.2) is 50.4 Å². The number of sulfone groups is 1. The number of amides is 1. The van der Waals surface area contributed by atoms with Gasteiger partial charge in [-0.25, -0.2) is 8.42 Å². The van der Waals surface area contributed by atoms with Crippen LogP contribution in [0.5, 0.6) is 5.75 Å². The van der Waals surface area contributed by atoms with E-state index in [-0.39, 0.29) is 35.3 Å². The van der Waals surface area contributed by atoms with Gasteiger partial charge in [-0.3, -0.25) is 4.79 Å². The van der Waals surface area contributed by atoms with Crippen LogP contribution in [0.3, 0.4) is 0 Å². The molecule has 0 aliphatic carbocycles. The van der Waals surface area contributed by atoms with E-state index in [1.54, 1.807) is 24.3 Å². The summed E-state index contributed by atoms with van der Waals surface area (Å²) >= 11 is 0. The Hall–Kier alpha value is -3.07. The van der Waals surface area contributed by atoms with E-state index in [9.17, 15) is 13.2 Å². The van der Waals surface area contributed by atoms with Gasteiger partial charge >= 0.3 is 0 Å². The van der Waals surface area contributed by atoms with Crippen molar-refractivity contribution >= 4 is 15.7 Å². The Bertz CT molecular complexity index is 1100. The number of methoxy groups -OCH3 is 1. The van der Waals surface area contributed by atoms with E-state index in [0.717, 1.165) is 11.3 Å². The van der Waals surface area contributed by atoms with Gasteiger partial charge in [0.05, 0.1) is 31.4 Å². The lowest BCUT2D eigenvalue weighted by Crippen LogP contribution is -2.25. The molecule has 0 aliphatic rings. The molecule has 1 aromatic carbocycles. The van der Waals surface area contributed by atoms with Gasteiger partial charge in [0.15, 0.2) is 15.6 Å². The zero-order valence-corrected chi connectivity index (χ0v) is 17.2. The smallest absolute Gasteiger partial charge is 0.221 e. The summed E-state index contributed by atoms with van der Waals surface area (Å²) < 4.78 is 41.5. The average molecular weight is 418 g/mol. The molecule has 0 fully saturated rings. The maximum atomic E-state index is 12.9. The van der Waals surface area contributed by atoms with Crippen LogP contribution in [0.25, 0.3) is 11.3 Å². The molecule has 0 saturated heterocycles. The Labute approximate surface area is 168 Å². The van der Waals surface area contributed by atoms with Crippen LogP contribution in [0.2, 0.25) is 0 Å². The zero-order valence-electron chi connectivity index (χ0n) is 16.4. The third kappa shape index (κ3) is 4.68. The summed E-state index contributed by atoms with van der Waals surface area (Å²) in [6, 6.07) is 8.20. The maximum Gasteiger partial charge on any atom is 0.221 e. The number of hydrogen-bond acceptors (Lipinski definition) is 7.